The fourth-order valence-corrected chi connectivity index (χ4v) is 3.54. The van der Waals surface area contributed by atoms with Crippen LogP contribution >= 0.6 is 22.9 Å². The Kier molecular flexibility index (Phi) is 3.60. The summed E-state index contributed by atoms with van der Waals surface area (Å²) in [6.45, 7) is 2.97. The standard InChI is InChI=1S/C15H14ClNOS/c1-2-17-14(15-12(16)7-8-19-15)11-9-18-13-6-4-3-5-10(11)13/h3-9,14,17H,2H2,1H3. The number of halogens is 1. The lowest BCUT2D eigenvalue weighted by atomic mass is 10.0. The summed E-state index contributed by atoms with van der Waals surface area (Å²) in [5.74, 6) is 0. The van der Waals surface area contributed by atoms with Crippen LogP contribution < -0.4 is 5.32 Å². The zero-order valence-electron chi connectivity index (χ0n) is 10.5. The van der Waals surface area contributed by atoms with Gasteiger partial charge in [0.1, 0.15) is 5.58 Å². The van der Waals surface area contributed by atoms with Gasteiger partial charge in [-0.1, -0.05) is 36.7 Å². The first-order chi connectivity index (χ1) is 9.31. The second kappa shape index (κ2) is 5.37. The molecule has 19 heavy (non-hydrogen) atoms. The third-order valence-corrected chi connectivity index (χ3v) is 4.56. The van der Waals surface area contributed by atoms with Crippen LogP contribution in [0.25, 0.3) is 11.0 Å². The number of para-hydroxylation sites is 1. The van der Waals surface area contributed by atoms with Crippen LogP contribution in [0.1, 0.15) is 23.4 Å². The van der Waals surface area contributed by atoms with Gasteiger partial charge in [0.15, 0.2) is 0 Å². The van der Waals surface area contributed by atoms with Gasteiger partial charge in [-0.15, -0.1) is 11.3 Å². The van der Waals surface area contributed by atoms with Crippen LogP contribution in [-0.2, 0) is 0 Å². The third kappa shape index (κ3) is 2.29. The smallest absolute Gasteiger partial charge is 0.134 e. The Morgan fingerprint density at radius 3 is 2.89 bits per heavy atom. The number of hydrogen-bond acceptors (Lipinski definition) is 3. The minimum Gasteiger partial charge on any atom is -0.464 e. The molecule has 0 saturated carbocycles. The van der Waals surface area contributed by atoms with Crippen molar-refractivity contribution in [3.8, 4) is 0 Å². The first kappa shape index (κ1) is 12.7. The lowest BCUT2D eigenvalue weighted by Crippen LogP contribution is -2.21. The molecule has 1 N–H and O–H groups in total. The van der Waals surface area contributed by atoms with Gasteiger partial charge in [0, 0.05) is 15.8 Å². The van der Waals surface area contributed by atoms with Crippen LogP contribution in [0.3, 0.4) is 0 Å². The van der Waals surface area contributed by atoms with Gasteiger partial charge in [0.25, 0.3) is 0 Å². The summed E-state index contributed by atoms with van der Waals surface area (Å²) in [5.41, 5.74) is 2.05. The Morgan fingerprint density at radius 1 is 1.32 bits per heavy atom. The number of hydrogen-bond donors (Lipinski definition) is 1. The van der Waals surface area contributed by atoms with Gasteiger partial charge in [0.05, 0.1) is 17.3 Å². The maximum absolute atomic E-state index is 6.28. The molecule has 98 valence electrons. The Hall–Kier alpha value is -1.29. The molecular formula is C15H14ClNOS. The van der Waals surface area contributed by atoms with Crippen LogP contribution in [0, 0.1) is 0 Å². The van der Waals surface area contributed by atoms with E-state index in [9.17, 15) is 0 Å². The maximum atomic E-state index is 6.28. The highest BCUT2D eigenvalue weighted by Gasteiger charge is 2.21. The molecule has 0 fully saturated rings. The largest absolute Gasteiger partial charge is 0.464 e. The van der Waals surface area contributed by atoms with E-state index >= 15 is 0 Å². The molecule has 1 aromatic carbocycles. The minimum atomic E-state index is 0.0844. The molecule has 0 aliphatic rings. The zero-order chi connectivity index (χ0) is 13.2. The van der Waals surface area contributed by atoms with Crippen molar-refractivity contribution in [1.29, 1.82) is 0 Å². The predicted molar refractivity (Wildman–Crippen MR) is 81.1 cm³/mol. The molecule has 4 heteroatoms. The molecule has 0 spiro atoms. The summed E-state index contributed by atoms with van der Waals surface area (Å²) >= 11 is 7.95. The van der Waals surface area contributed by atoms with Gasteiger partial charge in [-0.2, -0.15) is 0 Å². The predicted octanol–water partition coefficient (Wildman–Crippen LogP) is 4.85. The monoisotopic (exact) mass is 291 g/mol. The quantitative estimate of drug-likeness (QED) is 0.743. The van der Waals surface area contributed by atoms with Crippen molar-refractivity contribution in [2.45, 2.75) is 13.0 Å². The summed E-state index contributed by atoms with van der Waals surface area (Å²) < 4.78 is 5.64. The average molecular weight is 292 g/mol. The molecular weight excluding hydrogens is 278 g/mol. The van der Waals surface area contributed by atoms with E-state index in [1.54, 1.807) is 11.3 Å². The molecule has 0 radical (unpaired) electrons. The highest BCUT2D eigenvalue weighted by molar-refractivity contribution is 7.10. The SMILES string of the molecule is CCNC(c1sccc1Cl)c1coc2ccccc12. The molecule has 3 aromatic rings. The van der Waals surface area contributed by atoms with Crippen LogP contribution in [0.5, 0.6) is 0 Å². The van der Waals surface area contributed by atoms with Crippen molar-refractivity contribution in [2.24, 2.45) is 0 Å². The van der Waals surface area contributed by atoms with E-state index in [0.717, 1.165) is 33.0 Å². The molecule has 2 nitrogen and oxygen atoms in total. The number of rotatable bonds is 4. The van der Waals surface area contributed by atoms with Crippen molar-refractivity contribution in [3.05, 3.63) is 57.4 Å². The van der Waals surface area contributed by atoms with Crippen molar-refractivity contribution in [3.63, 3.8) is 0 Å². The van der Waals surface area contributed by atoms with E-state index in [-0.39, 0.29) is 6.04 Å². The lowest BCUT2D eigenvalue weighted by molar-refractivity contribution is 0.588. The van der Waals surface area contributed by atoms with E-state index in [1.165, 1.54) is 0 Å². The first-order valence-corrected chi connectivity index (χ1v) is 7.49. The van der Waals surface area contributed by atoms with Gasteiger partial charge in [-0.05, 0) is 24.1 Å². The summed E-state index contributed by atoms with van der Waals surface area (Å²) in [4.78, 5) is 1.13. The fraction of sp³-hybridized carbons (Fsp3) is 0.200. The molecule has 0 aliphatic heterocycles. The molecule has 3 rings (SSSR count). The van der Waals surface area contributed by atoms with E-state index in [2.05, 4.69) is 18.3 Å². The van der Waals surface area contributed by atoms with Gasteiger partial charge >= 0.3 is 0 Å². The number of benzene rings is 1. The Labute approximate surface area is 121 Å². The molecule has 2 aromatic heterocycles. The summed E-state index contributed by atoms with van der Waals surface area (Å²) in [6.07, 6.45) is 1.83. The highest BCUT2D eigenvalue weighted by Crippen LogP contribution is 2.36. The zero-order valence-corrected chi connectivity index (χ0v) is 12.1. The Balaban J connectivity index is 2.12. The topological polar surface area (TPSA) is 25.2 Å². The van der Waals surface area contributed by atoms with Crippen molar-refractivity contribution >= 4 is 33.9 Å². The van der Waals surface area contributed by atoms with Gasteiger partial charge in [-0.3, -0.25) is 0 Å². The van der Waals surface area contributed by atoms with E-state index < -0.39 is 0 Å². The van der Waals surface area contributed by atoms with Crippen molar-refractivity contribution in [2.75, 3.05) is 6.54 Å². The van der Waals surface area contributed by atoms with E-state index in [1.807, 2.05) is 35.9 Å². The molecule has 1 atom stereocenters. The van der Waals surface area contributed by atoms with E-state index in [4.69, 9.17) is 16.0 Å². The van der Waals surface area contributed by atoms with Crippen LogP contribution in [0.15, 0.2) is 46.4 Å². The summed E-state index contributed by atoms with van der Waals surface area (Å²) in [6, 6.07) is 10.1. The highest BCUT2D eigenvalue weighted by atomic mass is 35.5. The fourth-order valence-electron chi connectivity index (χ4n) is 2.28. The molecule has 0 amide bonds. The Morgan fingerprint density at radius 2 is 2.16 bits per heavy atom. The second-order valence-electron chi connectivity index (χ2n) is 4.31. The number of thiophene rings is 1. The maximum Gasteiger partial charge on any atom is 0.134 e. The van der Waals surface area contributed by atoms with Crippen LogP contribution in [0.4, 0.5) is 0 Å². The molecule has 0 bridgehead atoms. The van der Waals surface area contributed by atoms with Crippen LogP contribution in [-0.4, -0.2) is 6.54 Å². The first-order valence-electron chi connectivity index (χ1n) is 6.23. The molecule has 0 saturated heterocycles. The van der Waals surface area contributed by atoms with Crippen molar-refractivity contribution < 1.29 is 4.42 Å². The summed E-state index contributed by atoms with van der Waals surface area (Å²) in [5, 5.41) is 7.45. The lowest BCUT2D eigenvalue weighted by Gasteiger charge is -2.16. The van der Waals surface area contributed by atoms with E-state index in [0.29, 0.717) is 0 Å². The number of furan rings is 1. The second-order valence-corrected chi connectivity index (χ2v) is 5.67. The molecule has 2 heterocycles. The van der Waals surface area contributed by atoms with Crippen molar-refractivity contribution in [1.82, 2.24) is 5.32 Å². The van der Waals surface area contributed by atoms with Gasteiger partial charge < -0.3 is 9.73 Å². The average Bonchev–Trinajstić information content (AvgIpc) is 3.03. The Bertz CT molecular complexity index is 688. The molecule has 1 unspecified atom stereocenters. The van der Waals surface area contributed by atoms with Gasteiger partial charge in [0.2, 0.25) is 0 Å². The van der Waals surface area contributed by atoms with Gasteiger partial charge in [-0.25, -0.2) is 0 Å². The summed E-state index contributed by atoms with van der Waals surface area (Å²) in [7, 11) is 0. The molecule has 0 aliphatic carbocycles. The third-order valence-electron chi connectivity index (χ3n) is 3.14. The minimum absolute atomic E-state index is 0.0844. The number of nitrogens with one attached hydrogen (secondary N) is 1. The van der Waals surface area contributed by atoms with Crippen LogP contribution in [0.2, 0.25) is 5.02 Å². The normalized spacial score (nSPS) is 12.9. The number of fused-ring (bicyclic) bond motifs is 1.